The van der Waals surface area contributed by atoms with Gasteiger partial charge >= 0.3 is 5.97 Å². The molecule has 208 valence electrons. The molecule has 1 fully saturated rings. The number of aliphatic carboxylic acids is 1. The van der Waals surface area contributed by atoms with Crippen molar-refractivity contribution in [2.45, 2.75) is 96.8 Å². The van der Waals surface area contributed by atoms with E-state index in [2.05, 4.69) is 24.0 Å². The van der Waals surface area contributed by atoms with Crippen LogP contribution in [0.1, 0.15) is 96.8 Å². The van der Waals surface area contributed by atoms with Crippen LogP contribution in [0.15, 0.2) is 12.2 Å². The summed E-state index contributed by atoms with van der Waals surface area (Å²) >= 11 is 0. The first-order chi connectivity index (χ1) is 16.8. The molecule has 0 bridgehead atoms. The lowest BCUT2D eigenvalue weighted by molar-refractivity contribution is -0.137. The van der Waals surface area contributed by atoms with Crippen LogP contribution in [0, 0.1) is 0 Å². The number of hydrogen-bond donors (Lipinski definition) is 3. The van der Waals surface area contributed by atoms with E-state index < -0.39 is 16.1 Å². The number of β-amino-alcohol motifs (C(OH)–C–C–N with tert-alkyl or cyclic N) is 1. The van der Waals surface area contributed by atoms with Crippen molar-refractivity contribution in [1.29, 1.82) is 0 Å². The number of hydrogen-bond acceptors (Lipinski definition) is 6. The van der Waals surface area contributed by atoms with Crippen LogP contribution in [0.5, 0.6) is 0 Å². The Morgan fingerprint density at radius 2 is 1.23 bits per heavy atom. The molecule has 0 aliphatic carbocycles. The molecular weight excluding hydrogens is 468 g/mol. The molecule has 3 N–H and O–H groups in total. The molecule has 0 amide bonds. The Kier molecular flexibility index (Phi) is 22.7. The molecule has 0 aromatic rings. The predicted octanol–water partition coefficient (Wildman–Crippen LogP) is 4.59. The first kappa shape index (κ1) is 34.0. The minimum atomic E-state index is -3.84. The van der Waals surface area contributed by atoms with E-state index in [-0.39, 0.29) is 12.4 Å². The summed E-state index contributed by atoms with van der Waals surface area (Å²) in [5.74, 6) is -0.866. The maximum absolute atomic E-state index is 10.5. The van der Waals surface area contributed by atoms with Crippen LogP contribution in [0.3, 0.4) is 0 Å². The van der Waals surface area contributed by atoms with Gasteiger partial charge in [0, 0.05) is 45.7 Å². The Balaban J connectivity index is 0.000000686. The molecule has 0 aromatic heterocycles. The monoisotopic (exact) mass is 520 g/mol. The van der Waals surface area contributed by atoms with Gasteiger partial charge < -0.3 is 10.2 Å². The van der Waals surface area contributed by atoms with Gasteiger partial charge in [0.1, 0.15) is 0 Å². The fraction of sp³-hybridized carbons (Fsp3) is 0.885. The number of allylic oxidation sites excluding steroid dienone is 2. The standard InChI is InChI=1S/C18H34O2.C8H18N2O4S/c1-2-3-4-5-6-7-8-9-10-11-12-13-14-15-16-17-18(19)20;11-7-5-9-1-3-10(4-2-9)6-8-15(12,13)14/h9-10H,2-8,11-17H2,1H3,(H,19,20);11H,1-8H2,(H,12,13,14)/b10-9-;. The minimum absolute atomic E-state index is 0.158. The van der Waals surface area contributed by atoms with Gasteiger partial charge in [0.2, 0.25) is 0 Å². The third kappa shape index (κ3) is 25.9. The van der Waals surface area contributed by atoms with Gasteiger partial charge in [-0.2, -0.15) is 8.42 Å². The lowest BCUT2D eigenvalue weighted by Gasteiger charge is -2.33. The molecule has 1 aliphatic rings. The molecule has 0 saturated carbocycles. The Labute approximate surface area is 214 Å². The van der Waals surface area contributed by atoms with Gasteiger partial charge in [0.15, 0.2) is 0 Å². The van der Waals surface area contributed by atoms with Gasteiger partial charge in [-0.1, -0.05) is 70.4 Å². The van der Waals surface area contributed by atoms with Crippen LogP contribution in [-0.4, -0.2) is 90.6 Å². The number of aliphatic hydroxyl groups is 1. The summed E-state index contributed by atoms with van der Waals surface area (Å²) in [6, 6.07) is 0. The lowest BCUT2D eigenvalue weighted by atomic mass is 10.1. The number of carbonyl (C=O) groups is 1. The van der Waals surface area contributed by atoms with Gasteiger partial charge in [-0.25, -0.2) is 0 Å². The van der Waals surface area contributed by atoms with Crippen LogP contribution in [0.2, 0.25) is 0 Å². The average Bonchev–Trinajstić information content (AvgIpc) is 2.81. The SMILES string of the molecule is CCCCCCCC/C=C\CCCCCCCC(=O)O.O=S(=O)(O)CCN1CCN(CCO)CC1. The van der Waals surface area contributed by atoms with E-state index >= 15 is 0 Å². The molecule has 1 heterocycles. The van der Waals surface area contributed by atoms with E-state index in [1.165, 1.54) is 70.6 Å². The van der Waals surface area contributed by atoms with Crippen molar-refractivity contribution in [3.63, 3.8) is 0 Å². The molecule has 8 nitrogen and oxygen atoms in total. The smallest absolute Gasteiger partial charge is 0.303 e. The Morgan fingerprint density at radius 1 is 0.771 bits per heavy atom. The maximum Gasteiger partial charge on any atom is 0.303 e. The van der Waals surface area contributed by atoms with E-state index in [0.717, 1.165) is 39.0 Å². The van der Waals surface area contributed by atoms with Crippen LogP contribution in [0.25, 0.3) is 0 Å². The topological polar surface area (TPSA) is 118 Å². The molecule has 35 heavy (non-hydrogen) atoms. The van der Waals surface area contributed by atoms with Gasteiger partial charge in [0.25, 0.3) is 10.1 Å². The molecular formula is C26H52N2O6S. The van der Waals surface area contributed by atoms with E-state index in [4.69, 9.17) is 14.8 Å². The summed E-state index contributed by atoms with van der Waals surface area (Å²) in [4.78, 5) is 14.5. The van der Waals surface area contributed by atoms with E-state index in [1.54, 1.807) is 0 Å². The van der Waals surface area contributed by atoms with Crippen molar-refractivity contribution in [2.24, 2.45) is 0 Å². The summed E-state index contributed by atoms with van der Waals surface area (Å²) in [6.07, 6.45) is 21.2. The summed E-state index contributed by atoms with van der Waals surface area (Å²) in [5.41, 5.74) is 0. The van der Waals surface area contributed by atoms with Crippen LogP contribution < -0.4 is 0 Å². The van der Waals surface area contributed by atoms with Crippen LogP contribution in [0.4, 0.5) is 0 Å². The number of unbranched alkanes of at least 4 members (excludes halogenated alkanes) is 11. The second-order valence-electron chi connectivity index (χ2n) is 9.42. The zero-order valence-electron chi connectivity index (χ0n) is 22.1. The highest BCUT2D eigenvalue weighted by atomic mass is 32.2. The third-order valence-electron chi connectivity index (χ3n) is 6.20. The third-order valence-corrected chi connectivity index (χ3v) is 6.90. The zero-order valence-corrected chi connectivity index (χ0v) is 22.9. The fourth-order valence-electron chi connectivity index (χ4n) is 3.97. The number of carboxylic acid groups (broad SMARTS) is 1. The Morgan fingerprint density at radius 3 is 1.69 bits per heavy atom. The predicted molar refractivity (Wildman–Crippen MR) is 143 cm³/mol. The van der Waals surface area contributed by atoms with Crippen molar-refractivity contribution in [3.8, 4) is 0 Å². The summed E-state index contributed by atoms with van der Waals surface area (Å²) in [7, 11) is -3.84. The van der Waals surface area contributed by atoms with Crippen molar-refractivity contribution >= 4 is 16.1 Å². The van der Waals surface area contributed by atoms with Crippen LogP contribution in [-0.2, 0) is 14.9 Å². The first-order valence-electron chi connectivity index (χ1n) is 13.7. The molecule has 0 atom stereocenters. The summed E-state index contributed by atoms with van der Waals surface area (Å²) in [5, 5.41) is 17.2. The molecule has 1 aliphatic heterocycles. The van der Waals surface area contributed by atoms with Gasteiger partial charge in [-0.05, 0) is 32.1 Å². The van der Waals surface area contributed by atoms with Gasteiger partial charge in [-0.3, -0.25) is 19.1 Å². The fourth-order valence-corrected chi connectivity index (χ4v) is 4.46. The number of aliphatic hydroxyl groups excluding tert-OH is 1. The quantitative estimate of drug-likeness (QED) is 0.121. The van der Waals surface area contributed by atoms with E-state index in [9.17, 15) is 13.2 Å². The van der Waals surface area contributed by atoms with Crippen LogP contribution >= 0.6 is 0 Å². The normalized spacial score (nSPS) is 15.3. The number of carboxylic acids is 1. The number of rotatable bonds is 20. The van der Waals surface area contributed by atoms with Crippen molar-refractivity contribution in [2.75, 3.05) is 51.6 Å². The molecule has 0 aromatic carbocycles. The Hall–Kier alpha value is -1.00. The maximum atomic E-state index is 10.5. The average molecular weight is 521 g/mol. The lowest BCUT2D eigenvalue weighted by Crippen LogP contribution is -2.48. The number of piperazine rings is 1. The van der Waals surface area contributed by atoms with Crippen molar-refractivity contribution < 1.29 is 28.0 Å². The highest BCUT2D eigenvalue weighted by molar-refractivity contribution is 7.85. The summed E-state index contributed by atoms with van der Waals surface area (Å²) in [6.45, 7) is 6.72. The second-order valence-corrected chi connectivity index (χ2v) is 11.0. The number of nitrogens with zero attached hydrogens (tertiary/aromatic N) is 2. The van der Waals surface area contributed by atoms with Crippen molar-refractivity contribution in [3.05, 3.63) is 12.2 Å². The molecule has 1 rings (SSSR count). The minimum Gasteiger partial charge on any atom is -0.481 e. The summed E-state index contributed by atoms with van der Waals surface area (Å²) < 4.78 is 29.6. The molecule has 9 heteroatoms. The largest absolute Gasteiger partial charge is 0.481 e. The van der Waals surface area contributed by atoms with E-state index in [0.29, 0.717) is 19.5 Å². The molecule has 0 radical (unpaired) electrons. The highest BCUT2D eigenvalue weighted by Gasteiger charge is 2.17. The van der Waals surface area contributed by atoms with Gasteiger partial charge in [-0.15, -0.1) is 0 Å². The van der Waals surface area contributed by atoms with Crippen molar-refractivity contribution in [1.82, 2.24) is 9.80 Å². The second kappa shape index (κ2) is 23.4. The van der Waals surface area contributed by atoms with E-state index in [1.807, 2.05) is 4.90 Å². The van der Waals surface area contributed by atoms with Gasteiger partial charge in [0.05, 0.1) is 12.4 Å². The zero-order chi connectivity index (χ0) is 26.2. The Bertz CT molecular complexity index is 619. The molecule has 1 saturated heterocycles. The first-order valence-corrected chi connectivity index (χ1v) is 15.3. The molecule has 0 spiro atoms. The molecule has 0 unspecified atom stereocenters. The highest BCUT2D eigenvalue weighted by Crippen LogP contribution is 2.10.